The molecule has 1 atom stereocenters. The molecule has 0 spiro atoms. The van der Waals surface area contributed by atoms with Crippen molar-refractivity contribution in [3.05, 3.63) is 60.8 Å². The maximum Gasteiger partial charge on any atom is 0.240 e. The zero-order valence-electron chi connectivity index (χ0n) is 18.6. The van der Waals surface area contributed by atoms with E-state index in [0.717, 1.165) is 54.4 Å². The summed E-state index contributed by atoms with van der Waals surface area (Å²) in [6, 6.07) is 10.4. The smallest absolute Gasteiger partial charge is 0.240 e. The molecular formula is C24H25N7O2S. The van der Waals surface area contributed by atoms with Crippen LogP contribution in [0.15, 0.2) is 60.1 Å². The monoisotopic (exact) mass is 475 g/mol. The highest BCUT2D eigenvalue weighted by atomic mass is 32.2. The highest BCUT2D eigenvalue weighted by molar-refractivity contribution is 7.89. The van der Waals surface area contributed by atoms with Gasteiger partial charge in [-0.15, -0.1) is 0 Å². The summed E-state index contributed by atoms with van der Waals surface area (Å²) < 4.78 is 30.6. The largest absolute Gasteiger partial charge is 0.346 e. The SMILES string of the molecule is N#CCC(c1cccc(S(=O)(=O)NC2CCCCC2)c1)n1cc(-c2ncnc3[nH]ccc23)cn1. The van der Waals surface area contributed by atoms with Gasteiger partial charge in [-0.25, -0.2) is 23.1 Å². The molecule has 1 saturated carbocycles. The van der Waals surface area contributed by atoms with E-state index in [9.17, 15) is 13.7 Å². The number of nitriles is 1. The van der Waals surface area contributed by atoms with Gasteiger partial charge in [-0.1, -0.05) is 31.4 Å². The summed E-state index contributed by atoms with van der Waals surface area (Å²) in [6.07, 6.45) is 11.9. The van der Waals surface area contributed by atoms with Crippen molar-refractivity contribution in [1.29, 1.82) is 5.26 Å². The normalized spacial score (nSPS) is 15.9. The molecule has 1 aliphatic carbocycles. The predicted octanol–water partition coefficient (Wildman–Crippen LogP) is 3.94. The lowest BCUT2D eigenvalue weighted by atomic mass is 9.96. The van der Waals surface area contributed by atoms with Crippen LogP contribution in [0.25, 0.3) is 22.3 Å². The number of nitrogens with zero attached hydrogens (tertiary/aromatic N) is 5. The van der Waals surface area contributed by atoms with Crippen LogP contribution >= 0.6 is 0 Å². The van der Waals surface area contributed by atoms with Crippen LogP contribution in [0.3, 0.4) is 0 Å². The van der Waals surface area contributed by atoms with Gasteiger partial charge >= 0.3 is 0 Å². The molecule has 5 rings (SSSR count). The van der Waals surface area contributed by atoms with Gasteiger partial charge in [-0.3, -0.25) is 4.68 Å². The molecule has 1 unspecified atom stereocenters. The maximum absolute atomic E-state index is 13.0. The van der Waals surface area contributed by atoms with E-state index in [1.807, 2.05) is 18.3 Å². The second kappa shape index (κ2) is 9.37. The topological polar surface area (TPSA) is 129 Å². The number of aromatic nitrogens is 5. The fraction of sp³-hybridized carbons (Fsp3) is 0.333. The van der Waals surface area contributed by atoms with Crippen LogP contribution in [0.4, 0.5) is 0 Å². The van der Waals surface area contributed by atoms with Crippen LogP contribution in [-0.2, 0) is 10.0 Å². The molecule has 0 amide bonds. The molecule has 3 aromatic heterocycles. The van der Waals surface area contributed by atoms with Crippen molar-refractivity contribution in [2.24, 2.45) is 0 Å². The molecule has 1 fully saturated rings. The van der Waals surface area contributed by atoms with Crippen molar-refractivity contribution in [1.82, 2.24) is 29.5 Å². The average Bonchev–Trinajstić information content (AvgIpc) is 3.53. The lowest BCUT2D eigenvalue weighted by Gasteiger charge is -2.23. The number of nitrogens with one attached hydrogen (secondary N) is 2. The molecular weight excluding hydrogens is 450 g/mol. The predicted molar refractivity (Wildman–Crippen MR) is 127 cm³/mol. The molecule has 10 heteroatoms. The Kier molecular flexibility index (Phi) is 6.13. The summed E-state index contributed by atoms with van der Waals surface area (Å²) >= 11 is 0. The van der Waals surface area contributed by atoms with Gasteiger partial charge in [0, 0.05) is 29.4 Å². The second-order valence-corrected chi connectivity index (χ2v) is 10.3. The zero-order chi connectivity index (χ0) is 23.5. The molecule has 34 heavy (non-hydrogen) atoms. The summed E-state index contributed by atoms with van der Waals surface area (Å²) in [7, 11) is -3.65. The number of fused-ring (bicyclic) bond motifs is 1. The summed E-state index contributed by atoms with van der Waals surface area (Å²) in [5.41, 5.74) is 2.96. The quantitative estimate of drug-likeness (QED) is 0.416. The number of H-pyrrole nitrogens is 1. The Labute approximate surface area is 197 Å². The van der Waals surface area contributed by atoms with Gasteiger partial charge in [0.15, 0.2) is 0 Å². The first kappa shape index (κ1) is 22.3. The van der Waals surface area contributed by atoms with Crippen LogP contribution in [0, 0.1) is 11.3 Å². The van der Waals surface area contributed by atoms with Gasteiger partial charge in [0.25, 0.3) is 0 Å². The number of hydrogen-bond donors (Lipinski definition) is 2. The lowest BCUT2D eigenvalue weighted by molar-refractivity contribution is 0.412. The van der Waals surface area contributed by atoms with Gasteiger partial charge in [-0.05, 0) is 36.6 Å². The molecule has 0 aliphatic heterocycles. The first-order valence-electron chi connectivity index (χ1n) is 11.4. The third-order valence-electron chi connectivity index (χ3n) is 6.31. The minimum atomic E-state index is -3.65. The molecule has 1 aliphatic rings. The van der Waals surface area contributed by atoms with E-state index in [1.165, 1.54) is 6.33 Å². The molecule has 174 valence electrons. The van der Waals surface area contributed by atoms with Crippen LogP contribution < -0.4 is 4.72 Å². The van der Waals surface area contributed by atoms with E-state index in [2.05, 4.69) is 30.8 Å². The van der Waals surface area contributed by atoms with E-state index in [4.69, 9.17) is 0 Å². The second-order valence-electron chi connectivity index (χ2n) is 8.58. The molecule has 9 nitrogen and oxygen atoms in total. The van der Waals surface area contributed by atoms with Crippen LogP contribution in [0.1, 0.15) is 50.1 Å². The van der Waals surface area contributed by atoms with E-state index < -0.39 is 16.1 Å². The van der Waals surface area contributed by atoms with E-state index >= 15 is 0 Å². The number of hydrogen-bond acceptors (Lipinski definition) is 6. The fourth-order valence-corrected chi connectivity index (χ4v) is 5.94. The molecule has 0 radical (unpaired) electrons. The van der Waals surface area contributed by atoms with Crippen molar-refractivity contribution in [2.75, 3.05) is 0 Å². The first-order chi connectivity index (χ1) is 16.5. The molecule has 1 aromatic carbocycles. The van der Waals surface area contributed by atoms with Gasteiger partial charge in [0.1, 0.15) is 12.0 Å². The highest BCUT2D eigenvalue weighted by Crippen LogP contribution is 2.29. The van der Waals surface area contributed by atoms with Crippen LogP contribution in [-0.4, -0.2) is 39.2 Å². The third-order valence-corrected chi connectivity index (χ3v) is 7.83. The Balaban J connectivity index is 1.45. The zero-order valence-corrected chi connectivity index (χ0v) is 19.4. The Morgan fingerprint density at radius 2 is 2.06 bits per heavy atom. The molecule has 4 aromatic rings. The van der Waals surface area contributed by atoms with Gasteiger partial charge in [0.2, 0.25) is 10.0 Å². The number of sulfonamides is 1. The van der Waals surface area contributed by atoms with Crippen molar-refractivity contribution in [3.63, 3.8) is 0 Å². The van der Waals surface area contributed by atoms with E-state index in [0.29, 0.717) is 5.56 Å². The molecule has 0 bridgehead atoms. The van der Waals surface area contributed by atoms with E-state index in [1.54, 1.807) is 35.3 Å². The molecule has 3 heterocycles. The first-order valence-corrected chi connectivity index (χ1v) is 12.9. The van der Waals surface area contributed by atoms with Crippen LogP contribution in [0.5, 0.6) is 0 Å². The highest BCUT2D eigenvalue weighted by Gasteiger charge is 2.24. The molecule has 0 saturated heterocycles. The number of rotatable bonds is 7. The Morgan fingerprint density at radius 3 is 2.88 bits per heavy atom. The van der Waals surface area contributed by atoms with Gasteiger partial charge < -0.3 is 4.98 Å². The van der Waals surface area contributed by atoms with Crippen molar-refractivity contribution in [3.8, 4) is 17.3 Å². The summed E-state index contributed by atoms with van der Waals surface area (Å²) in [6.45, 7) is 0. The van der Waals surface area contributed by atoms with Gasteiger partial charge in [0.05, 0.1) is 35.3 Å². The number of benzene rings is 1. The van der Waals surface area contributed by atoms with Crippen molar-refractivity contribution < 1.29 is 8.42 Å². The number of aromatic amines is 1. The van der Waals surface area contributed by atoms with Crippen molar-refractivity contribution in [2.45, 2.75) is 55.5 Å². The van der Waals surface area contributed by atoms with Crippen LogP contribution in [0.2, 0.25) is 0 Å². The summed E-state index contributed by atoms with van der Waals surface area (Å²) in [5, 5.41) is 14.9. The van der Waals surface area contributed by atoms with Crippen molar-refractivity contribution >= 4 is 21.1 Å². The molecule has 2 N–H and O–H groups in total. The lowest BCUT2D eigenvalue weighted by Crippen LogP contribution is -2.36. The Morgan fingerprint density at radius 1 is 1.21 bits per heavy atom. The maximum atomic E-state index is 13.0. The van der Waals surface area contributed by atoms with E-state index in [-0.39, 0.29) is 17.4 Å². The fourth-order valence-electron chi connectivity index (χ4n) is 4.58. The summed E-state index contributed by atoms with van der Waals surface area (Å²) in [4.78, 5) is 11.9. The third kappa shape index (κ3) is 4.44. The minimum absolute atomic E-state index is 0.0240. The Bertz CT molecular complexity index is 1450. The summed E-state index contributed by atoms with van der Waals surface area (Å²) in [5.74, 6) is 0. The Hall–Kier alpha value is -3.55. The van der Waals surface area contributed by atoms with Gasteiger partial charge in [-0.2, -0.15) is 10.4 Å². The standard InChI is InChI=1S/C24H25N7O2S/c25-11-9-22(31-15-18(14-29-31)23-21-10-12-26-24(21)28-16-27-23)17-5-4-8-20(13-17)34(32,33)30-19-6-2-1-3-7-19/h4-5,8,10,12-16,19,22,30H,1-3,6-7,9H2,(H,26,27,28). The average molecular weight is 476 g/mol. The minimum Gasteiger partial charge on any atom is -0.346 e.